The maximum Gasteiger partial charge on any atom is 0.255 e. The van der Waals surface area contributed by atoms with Crippen molar-refractivity contribution in [1.29, 1.82) is 0 Å². The van der Waals surface area contributed by atoms with E-state index < -0.39 is 0 Å². The highest BCUT2D eigenvalue weighted by Crippen LogP contribution is 2.14. The van der Waals surface area contributed by atoms with Crippen LogP contribution in [0, 0.1) is 0 Å². The first-order valence-corrected chi connectivity index (χ1v) is 6.12. The van der Waals surface area contributed by atoms with Crippen molar-refractivity contribution in [3.63, 3.8) is 0 Å². The van der Waals surface area contributed by atoms with Gasteiger partial charge in [-0.05, 0) is 30.9 Å². The average molecular weight is 234 g/mol. The molecule has 0 radical (unpaired) electrons. The van der Waals surface area contributed by atoms with Crippen LogP contribution in [0.25, 0.3) is 0 Å². The van der Waals surface area contributed by atoms with Gasteiger partial charge in [0.25, 0.3) is 5.91 Å². The van der Waals surface area contributed by atoms with E-state index in [4.69, 9.17) is 0 Å². The van der Waals surface area contributed by atoms with E-state index in [0.29, 0.717) is 31.5 Å². The third-order valence-electron chi connectivity index (χ3n) is 3.20. The summed E-state index contributed by atoms with van der Waals surface area (Å²) in [7, 11) is 0. The van der Waals surface area contributed by atoms with Crippen LogP contribution in [0.15, 0.2) is 18.5 Å². The molecule has 1 aliphatic rings. The second-order valence-corrected chi connectivity index (χ2v) is 4.46. The van der Waals surface area contributed by atoms with Crippen molar-refractivity contribution in [1.82, 2.24) is 9.88 Å². The fourth-order valence-corrected chi connectivity index (χ4v) is 2.05. The number of pyridine rings is 1. The van der Waals surface area contributed by atoms with Crippen molar-refractivity contribution >= 4 is 5.91 Å². The summed E-state index contributed by atoms with van der Waals surface area (Å²) in [5.74, 6) is 0.0275. The maximum atomic E-state index is 12.2. The van der Waals surface area contributed by atoms with E-state index >= 15 is 0 Å². The van der Waals surface area contributed by atoms with Crippen LogP contribution in [0.1, 0.15) is 35.7 Å². The maximum absolute atomic E-state index is 12.2. The zero-order valence-corrected chi connectivity index (χ0v) is 10.1. The van der Waals surface area contributed by atoms with Gasteiger partial charge in [-0.2, -0.15) is 0 Å². The van der Waals surface area contributed by atoms with Gasteiger partial charge in [0, 0.05) is 25.5 Å². The number of aliphatic hydroxyl groups is 1. The molecule has 1 aliphatic heterocycles. The number of hydrogen-bond acceptors (Lipinski definition) is 3. The highest BCUT2D eigenvalue weighted by Gasteiger charge is 2.22. The van der Waals surface area contributed by atoms with Gasteiger partial charge in [-0.15, -0.1) is 0 Å². The van der Waals surface area contributed by atoms with Gasteiger partial charge in [-0.3, -0.25) is 9.78 Å². The number of carbonyl (C=O) groups is 1. The molecule has 2 rings (SSSR count). The first-order chi connectivity index (χ1) is 8.20. The largest absolute Gasteiger partial charge is 0.393 e. The molecule has 0 aromatic carbocycles. The van der Waals surface area contributed by atoms with Crippen molar-refractivity contribution < 1.29 is 9.90 Å². The lowest BCUT2D eigenvalue weighted by molar-refractivity contribution is 0.0546. The molecule has 1 amide bonds. The third-order valence-corrected chi connectivity index (χ3v) is 3.20. The summed E-state index contributed by atoms with van der Waals surface area (Å²) in [6, 6.07) is 1.90. The summed E-state index contributed by atoms with van der Waals surface area (Å²) >= 11 is 0. The van der Waals surface area contributed by atoms with E-state index in [1.54, 1.807) is 17.3 Å². The summed E-state index contributed by atoms with van der Waals surface area (Å²) in [4.78, 5) is 18.1. The van der Waals surface area contributed by atoms with Crippen LogP contribution in [-0.2, 0) is 6.42 Å². The first kappa shape index (κ1) is 12.0. The summed E-state index contributed by atoms with van der Waals surface area (Å²) in [5, 5.41) is 9.41. The Morgan fingerprint density at radius 1 is 1.47 bits per heavy atom. The van der Waals surface area contributed by atoms with Crippen molar-refractivity contribution in [2.75, 3.05) is 13.1 Å². The summed E-state index contributed by atoms with van der Waals surface area (Å²) in [6.07, 6.45) is 5.38. The normalized spacial score (nSPS) is 17.2. The van der Waals surface area contributed by atoms with E-state index in [1.165, 1.54) is 0 Å². The Kier molecular flexibility index (Phi) is 3.74. The van der Waals surface area contributed by atoms with Crippen molar-refractivity contribution in [3.8, 4) is 0 Å². The van der Waals surface area contributed by atoms with Crippen LogP contribution in [0.5, 0.6) is 0 Å². The Balaban J connectivity index is 2.08. The average Bonchev–Trinajstić information content (AvgIpc) is 2.39. The van der Waals surface area contributed by atoms with Crippen LogP contribution in [-0.4, -0.2) is 40.1 Å². The molecule has 4 heteroatoms. The molecule has 2 heterocycles. The number of likely N-dealkylation sites (tertiary alicyclic amines) is 1. The van der Waals surface area contributed by atoms with Gasteiger partial charge >= 0.3 is 0 Å². The number of carbonyl (C=O) groups excluding carboxylic acids is 1. The van der Waals surface area contributed by atoms with Crippen molar-refractivity contribution in [2.45, 2.75) is 32.3 Å². The second kappa shape index (κ2) is 5.27. The lowest BCUT2D eigenvalue weighted by Crippen LogP contribution is -2.40. The number of hydrogen-bond donors (Lipinski definition) is 1. The molecule has 0 saturated carbocycles. The molecule has 0 spiro atoms. The number of rotatable bonds is 2. The zero-order chi connectivity index (χ0) is 12.3. The minimum absolute atomic E-state index is 0.0275. The van der Waals surface area contributed by atoms with Gasteiger partial charge in [0.15, 0.2) is 0 Å². The number of amides is 1. The highest BCUT2D eigenvalue weighted by atomic mass is 16.3. The predicted molar refractivity (Wildman–Crippen MR) is 64.8 cm³/mol. The monoisotopic (exact) mass is 234 g/mol. The van der Waals surface area contributed by atoms with Crippen molar-refractivity contribution in [2.24, 2.45) is 0 Å². The number of aromatic nitrogens is 1. The number of piperidine rings is 1. The Hall–Kier alpha value is -1.42. The molecule has 1 aromatic rings. The summed E-state index contributed by atoms with van der Waals surface area (Å²) < 4.78 is 0. The molecule has 1 fully saturated rings. The standard InChI is InChI=1S/C13H18N2O2/c1-2-10-7-11(9-14-8-10)13(17)15-5-3-12(16)4-6-15/h7-9,12,16H,2-6H2,1H3. The topological polar surface area (TPSA) is 53.4 Å². The van der Waals surface area contributed by atoms with Gasteiger partial charge in [0.1, 0.15) is 0 Å². The molecule has 17 heavy (non-hydrogen) atoms. The predicted octanol–water partition coefficient (Wildman–Crippen LogP) is 1.24. The Morgan fingerprint density at radius 2 is 2.18 bits per heavy atom. The lowest BCUT2D eigenvalue weighted by atomic mass is 10.1. The lowest BCUT2D eigenvalue weighted by Gasteiger charge is -2.29. The van der Waals surface area contributed by atoms with Crippen LogP contribution >= 0.6 is 0 Å². The fourth-order valence-electron chi connectivity index (χ4n) is 2.05. The fraction of sp³-hybridized carbons (Fsp3) is 0.538. The van der Waals surface area contributed by atoms with Crippen LogP contribution in [0.2, 0.25) is 0 Å². The SMILES string of the molecule is CCc1cncc(C(=O)N2CCC(O)CC2)c1. The molecule has 1 aromatic heterocycles. The Labute approximate surface area is 101 Å². The van der Waals surface area contributed by atoms with Crippen molar-refractivity contribution in [3.05, 3.63) is 29.6 Å². The summed E-state index contributed by atoms with van der Waals surface area (Å²) in [5.41, 5.74) is 1.73. The van der Waals surface area contributed by atoms with E-state index in [0.717, 1.165) is 12.0 Å². The van der Waals surface area contributed by atoms with E-state index in [-0.39, 0.29) is 12.0 Å². The number of aryl methyl sites for hydroxylation is 1. The van der Waals surface area contributed by atoms with Crippen LogP contribution in [0.4, 0.5) is 0 Å². The summed E-state index contributed by atoms with van der Waals surface area (Å²) in [6.45, 7) is 3.31. The van der Waals surface area contributed by atoms with Gasteiger partial charge in [-0.1, -0.05) is 6.92 Å². The van der Waals surface area contributed by atoms with E-state index in [9.17, 15) is 9.90 Å². The molecule has 1 N–H and O–H groups in total. The Morgan fingerprint density at radius 3 is 2.82 bits per heavy atom. The minimum atomic E-state index is -0.251. The van der Waals surface area contributed by atoms with E-state index in [1.807, 2.05) is 13.0 Å². The van der Waals surface area contributed by atoms with Gasteiger partial charge in [0.2, 0.25) is 0 Å². The third kappa shape index (κ3) is 2.82. The second-order valence-electron chi connectivity index (χ2n) is 4.46. The molecular weight excluding hydrogens is 216 g/mol. The molecule has 92 valence electrons. The smallest absolute Gasteiger partial charge is 0.255 e. The number of aliphatic hydroxyl groups excluding tert-OH is 1. The van der Waals surface area contributed by atoms with Gasteiger partial charge < -0.3 is 10.0 Å². The zero-order valence-electron chi connectivity index (χ0n) is 10.1. The highest BCUT2D eigenvalue weighted by molar-refractivity contribution is 5.94. The quantitative estimate of drug-likeness (QED) is 0.837. The molecule has 0 bridgehead atoms. The molecule has 0 aliphatic carbocycles. The molecule has 0 atom stereocenters. The van der Waals surface area contributed by atoms with E-state index in [2.05, 4.69) is 4.98 Å². The molecule has 4 nitrogen and oxygen atoms in total. The van der Waals surface area contributed by atoms with Crippen LogP contribution in [0.3, 0.4) is 0 Å². The molecule has 1 saturated heterocycles. The molecule has 0 unspecified atom stereocenters. The van der Waals surface area contributed by atoms with Gasteiger partial charge in [0.05, 0.1) is 11.7 Å². The van der Waals surface area contributed by atoms with Crippen LogP contribution < -0.4 is 0 Å². The first-order valence-electron chi connectivity index (χ1n) is 6.12. The molecular formula is C13H18N2O2. The van der Waals surface area contributed by atoms with Gasteiger partial charge in [-0.25, -0.2) is 0 Å². The minimum Gasteiger partial charge on any atom is -0.393 e. The number of nitrogens with zero attached hydrogens (tertiary/aromatic N) is 2. The Bertz CT molecular complexity index is 398.